The largest absolute Gasteiger partial charge is 0.497 e. The van der Waals surface area contributed by atoms with E-state index in [0.29, 0.717) is 55.6 Å². The molecule has 1 aliphatic rings. The summed E-state index contributed by atoms with van der Waals surface area (Å²) in [6, 6.07) is 9.89. The highest BCUT2D eigenvalue weighted by atomic mass is 19.4. The highest BCUT2D eigenvalue weighted by Gasteiger charge is 2.31. The fourth-order valence-corrected chi connectivity index (χ4v) is 3.74. The van der Waals surface area contributed by atoms with Crippen molar-refractivity contribution in [1.82, 2.24) is 9.88 Å². The number of alkyl halides is 3. The summed E-state index contributed by atoms with van der Waals surface area (Å²) in [5.41, 5.74) is 0.889. The van der Waals surface area contributed by atoms with Crippen LogP contribution in [0.4, 0.5) is 23.2 Å². The Morgan fingerprint density at radius 2 is 1.81 bits per heavy atom. The predicted octanol–water partition coefficient (Wildman–Crippen LogP) is 5.14. The number of oxazole rings is 1. The Morgan fingerprint density at radius 3 is 2.47 bits per heavy atom. The van der Waals surface area contributed by atoms with Gasteiger partial charge in [0, 0.05) is 44.5 Å². The molecular formula is C23H23F4N3O2. The summed E-state index contributed by atoms with van der Waals surface area (Å²) < 4.78 is 64.1. The first-order valence-corrected chi connectivity index (χ1v) is 10.2. The van der Waals surface area contributed by atoms with Gasteiger partial charge in [0.1, 0.15) is 17.3 Å². The molecule has 170 valence electrons. The molecular weight excluding hydrogens is 426 g/mol. The molecule has 0 bridgehead atoms. The van der Waals surface area contributed by atoms with E-state index in [2.05, 4.69) is 9.88 Å². The average molecular weight is 449 g/mol. The summed E-state index contributed by atoms with van der Waals surface area (Å²) in [6.07, 6.45) is -4.36. The van der Waals surface area contributed by atoms with Crippen molar-refractivity contribution >= 4 is 5.69 Å². The SMILES string of the molecule is COc1ccc(-c2nc(CN3CCN(c4cccc(C(F)(F)F)c4)CC3)c(C)o2)c(F)c1. The van der Waals surface area contributed by atoms with Crippen molar-refractivity contribution < 1.29 is 26.7 Å². The van der Waals surface area contributed by atoms with Crippen LogP contribution in [0.1, 0.15) is 17.0 Å². The van der Waals surface area contributed by atoms with Gasteiger partial charge in [0.05, 0.1) is 23.9 Å². The van der Waals surface area contributed by atoms with Gasteiger partial charge in [-0.3, -0.25) is 4.90 Å². The van der Waals surface area contributed by atoms with Gasteiger partial charge in [-0.25, -0.2) is 9.37 Å². The number of aryl methyl sites for hydroxylation is 1. The van der Waals surface area contributed by atoms with Crippen LogP contribution in [0.5, 0.6) is 5.75 Å². The Kier molecular flexibility index (Phi) is 6.10. The Morgan fingerprint density at radius 1 is 1.06 bits per heavy atom. The number of anilines is 1. The van der Waals surface area contributed by atoms with Crippen molar-refractivity contribution in [2.45, 2.75) is 19.6 Å². The van der Waals surface area contributed by atoms with Gasteiger partial charge < -0.3 is 14.1 Å². The number of methoxy groups -OCH3 is 1. The van der Waals surface area contributed by atoms with Crippen molar-refractivity contribution in [1.29, 1.82) is 0 Å². The minimum Gasteiger partial charge on any atom is -0.497 e. The first-order valence-electron chi connectivity index (χ1n) is 10.2. The van der Waals surface area contributed by atoms with Crippen LogP contribution in [-0.4, -0.2) is 43.2 Å². The Bertz CT molecular complexity index is 1090. The van der Waals surface area contributed by atoms with Crippen molar-refractivity contribution in [3.8, 4) is 17.2 Å². The third kappa shape index (κ3) is 4.72. The lowest BCUT2D eigenvalue weighted by Crippen LogP contribution is -2.46. The standard InChI is InChI=1S/C23H23F4N3O2/c1-15-21(28-22(32-15)19-7-6-18(31-2)13-20(19)24)14-29-8-10-30(11-9-29)17-5-3-4-16(12-17)23(25,26)27/h3-7,12-13H,8-11,14H2,1-2H3. The summed E-state index contributed by atoms with van der Waals surface area (Å²) in [6.45, 7) is 4.82. The molecule has 32 heavy (non-hydrogen) atoms. The van der Waals surface area contributed by atoms with Crippen LogP contribution in [0, 0.1) is 12.7 Å². The summed E-state index contributed by atoms with van der Waals surface area (Å²) in [7, 11) is 1.47. The maximum absolute atomic E-state index is 14.4. The summed E-state index contributed by atoms with van der Waals surface area (Å²) in [5.74, 6) is 0.746. The lowest BCUT2D eigenvalue weighted by Gasteiger charge is -2.36. The molecule has 0 amide bonds. The molecule has 3 aromatic rings. The van der Waals surface area contributed by atoms with Crippen molar-refractivity contribution in [2.24, 2.45) is 0 Å². The van der Waals surface area contributed by atoms with Crippen LogP contribution in [0.2, 0.25) is 0 Å². The highest BCUT2D eigenvalue weighted by molar-refractivity contribution is 5.56. The molecule has 0 radical (unpaired) electrons. The van der Waals surface area contributed by atoms with Crippen LogP contribution < -0.4 is 9.64 Å². The van der Waals surface area contributed by atoms with Crippen molar-refractivity contribution in [3.05, 3.63) is 65.3 Å². The van der Waals surface area contributed by atoms with E-state index in [1.54, 1.807) is 25.1 Å². The second-order valence-corrected chi connectivity index (χ2v) is 7.68. The normalized spacial score (nSPS) is 15.2. The Labute approximate surface area is 183 Å². The van der Waals surface area contributed by atoms with Gasteiger partial charge in [0.15, 0.2) is 0 Å². The fourth-order valence-electron chi connectivity index (χ4n) is 3.74. The van der Waals surface area contributed by atoms with E-state index >= 15 is 0 Å². The number of ether oxygens (including phenoxy) is 1. The summed E-state index contributed by atoms with van der Waals surface area (Å²) in [5, 5.41) is 0. The lowest BCUT2D eigenvalue weighted by atomic mass is 10.1. The smallest absolute Gasteiger partial charge is 0.416 e. The topological polar surface area (TPSA) is 41.7 Å². The molecule has 1 aromatic heterocycles. The molecule has 0 unspecified atom stereocenters. The number of rotatable bonds is 5. The molecule has 0 N–H and O–H groups in total. The van der Waals surface area contributed by atoms with E-state index in [-0.39, 0.29) is 11.5 Å². The second-order valence-electron chi connectivity index (χ2n) is 7.68. The first kappa shape index (κ1) is 22.1. The molecule has 5 nitrogen and oxygen atoms in total. The number of hydrogen-bond donors (Lipinski definition) is 0. The van der Waals surface area contributed by atoms with Gasteiger partial charge in [-0.1, -0.05) is 6.07 Å². The van der Waals surface area contributed by atoms with Gasteiger partial charge >= 0.3 is 6.18 Å². The van der Waals surface area contributed by atoms with E-state index in [0.717, 1.165) is 6.07 Å². The fraction of sp³-hybridized carbons (Fsp3) is 0.348. The molecule has 9 heteroatoms. The lowest BCUT2D eigenvalue weighted by molar-refractivity contribution is -0.137. The van der Waals surface area contributed by atoms with Gasteiger partial charge in [-0.05, 0) is 37.3 Å². The molecule has 1 fully saturated rings. The predicted molar refractivity (Wildman–Crippen MR) is 112 cm³/mol. The third-order valence-corrected chi connectivity index (χ3v) is 5.58. The number of nitrogens with zero attached hydrogens (tertiary/aromatic N) is 3. The first-order chi connectivity index (χ1) is 15.2. The Balaban J connectivity index is 1.41. The van der Waals surface area contributed by atoms with Crippen LogP contribution in [-0.2, 0) is 12.7 Å². The van der Waals surface area contributed by atoms with E-state index in [9.17, 15) is 17.6 Å². The molecule has 2 aromatic carbocycles. The Hall–Kier alpha value is -3.07. The molecule has 0 aliphatic carbocycles. The molecule has 1 saturated heterocycles. The van der Waals surface area contributed by atoms with E-state index in [4.69, 9.17) is 9.15 Å². The number of halogens is 4. The van der Waals surface area contributed by atoms with Crippen molar-refractivity contribution in [2.75, 3.05) is 38.2 Å². The zero-order chi connectivity index (χ0) is 22.9. The van der Waals surface area contributed by atoms with Crippen LogP contribution in [0.25, 0.3) is 11.5 Å². The monoisotopic (exact) mass is 449 g/mol. The maximum atomic E-state index is 14.4. The molecule has 1 aliphatic heterocycles. The highest BCUT2D eigenvalue weighted by Crippen LogP contribution is 2.32. The van der Waals surface area contributed by atoms with Crippen LogP contribution in [0.15, 0.2) is 46.9 Å². The van der Waals surface area contributed by atoms with Gasteiger partial charge in [-0.15, -0.1) is 0 Å². The van der Waals surface area contributed by atoms with Crippen molar-refractivity contribution in [3.63, 3.8) is 0 Å². The molecule has 4 rings (SSSR count). The number of aromatic nitrogens is 1. The minimum atomic E-state index is -4.36. The molecule has 0 atom stereocenters. The van der Waals surface area contributed by atoms with Gasteiger partial charge in [-0.2, -0.15) is 13.2 Å². The minimum absolute atomic E-state index is 0.209. The average Bonchev–Trinajstić information content (AvgIpc) is 3.13. The van der Waals surface area contributed by atoms with Gasteiger partial charge in [0.2, 0.25) is 5.89 Å². The van der Waals surface area contributed by atoms with E-state index in [1.165, 1.54) is 25.3 Å². The number of benzene rings is 2. The zero-order valence-corrected chi connectivity index (χ0v) is 17.7. The third-order valence-electron chi connectivity index (χ3n) is 5.58. The number of piperazine rings is 1. The molecule has 0 saturated carbocycles. The van der Waals surface area contributed by atoms with E-state index in [1.807, 2.05) is 4.90 Å². The second kappa shape index (κ2) is 8.82. The van der Waals surface area contributed by atoms with E-state index < -0.39 is 17.6 Å². The molecule has 2 heterocycles. The maximum Gasteiger partial charge on any atom is 0.416 e. The number of hydrogen-bond acceptors (Lipinski definition) is 5. The summed E-state index contributed by atoms with van der Waals surface area (Å²) >= 11 is 0. The molecule has 0 spiro atoms. The summed E-state index contributed by atoms with van der Waals surface area (Å²) in [4.78, 5) is 8.58. The van der Waals surface area contributed by atoms with Gasteiger partial charge in [0.25, 0.3) is 0 Å². The quantitative estimate of drug-likeness (QED) is 0.505. The zero-order valence-electron chi connectivity index (χ0n) is 17.7. The van der Waals surface area contributed by atoms with Crippen LogP contribution >= 0.6 is 0 Å². The van der Waals surface area contributed by atoms with Crippen LogP contribution in [0.3, 0.4) is 0 Å².